The summed E-state index contributed by atoms with van der Waals surface area (Å²) in [4.78, 5) is 10.7. The van der Waals surface area contributed by atoms with Crippen LogP contribution >= 0.6 is 0 Å². The third-order valence-corrected chi connectivity index (χ3v) is 15.5. The van der Waals surface area contributed by atoms with Crippen LogP contribution in [0.15, 0.2) is 115 Å². The minimum Gasteiger partial charge on any atom is -0.228 e. The maximum Gasteiger partial charge on any atom is 0.160 e. The molecule has 2 unspecified atom stereocenters. The first kappa shape index (κ1) is 38.2. The Morgan fingerprint density at radius 2 is 1.03 bits per heavy atom. The van der Waals surface area contributed by atoms with Crippen LogP contribution in [-0.2, 0) is 10.8 Å². The molecule has 0 saturated heterocycles. The topological polar surface area (TPSA) is 49.6 Å². The van der Waals surface area contributed by atoms with Crippen molar-refractivity contribution in [2.45, 2.75) is 109 Å². The molecule has 0 N–H and O–H groups in total. The van der Waals surface area contributed by atoms with Crippen molar-refractivity contribution in [1.29, 1.82) is 5.26 Å². The van der Waals surface area contributed by atoms with Crippen molar-refractivity contribution in [1.82, 2.24) is 9.97 Å². The molecule has 0 spiro atoms. The summed E-state index contributed by atoms with van der Waals surface area (Å²) in [7, 11) is 0. The Balaban J connectivity index is 1.03. The zero-order valence-corrected chi connectivity index (χ0v) is 35.6. The van der Waals surface area contributed by atoms with E-state index in [-0.39, 0.29) is 0 Å². The zero-order valence-electron chi connectivity index (χ0n) is 35.6. The first-order valence-corrected chi connectivity index (χ1v) is 22.8. The third kappa shape index (κ3) is 7.11. The van der Waals surface area contributed by atoms with Gasteiger partial charge < -0.3 is 0 Å². The molecule has 0 amide bonds. The largest absolute Gasteiger partial charge is 0.228 e. The van der Waals surface area contributed by atoms with Crippen LogP contribution in [0.4, 0.5) is 0 Å². The number of nitrogens with zero attached hydrogens (tertiary/aromatic N) is 3. The lowest BCUT2D eigenvalue weighted by molar-refractivity contribution is 0.0702. The number of hydrogen-bond donors (Lipinski definition) is 0. The SMILES string of the molecule is CC[C@H]1C[C@H]2C[C@@H](C)CC(c3ccc(-c4cc(-c5ccc(-c6ccc(C#N)c7ccccc67)cc5)nc(-c5ccc(C67C[C@H](C)C[C@H](C[C@H](C)C6)C7)cc5)n4)cc3)(C2)C1. The highest BCUT2D eigenvalue weighted by Gasteiger charge is 2.46. The normalized spacial score (nSPS) is 28.9. The number of fused-ring (bicyclic) bond motifs is 5. The molecule has 0 radical (unpaired) electrons. The molecule has 1 aromatic heterocycles. The van der Waals surface area contributed by atoms with E-state index < -0.39 is 0 Å². The molecule has 4 aliphatic carbocycles. The van der Waals surface area contributed by atoms with Gasteiger partial charge in [-0.3, -0.25) is 0 Å². The van der Waals surface area contributed by atoms with Crippen LogP contribution in [0, 0.1) is 46.8 Å². The van der Waals surface area contributed by atoms with Gasteiger partial charge in [0.2, 0.25) is 0 Å². The first-order chi connectivity index (χ1) is 28.7. The number of nitriles is 1. The molecule has 4 fully saturated rings. The van der Waals surface area contributed by atoms with Crippen molar-refractivity contribution in [3.05, 3.63) is 132 Å². The molecule has 8 atom stereocenters. The predicted molar refractivity (Wildman–Crippen MR) is 244 cm³/mol. The maximum atomic E-state index is 9.77. The van der Waals surface area contributed by atoms with Crippen molar-refractivity contribution in [3.8, 4) is 51.1 Å². The van der Waals surface area contributed by atoms with E-state index in [9.17, 15) is 5.26 Å². The van der Waals surface area contributed by atoms with E-state index in [4.69, 9.17) is 9.97 Å². The minimum absolute atomic E-state index is 0.293. The monoisotopic (exact) mass is 773 g/mol. The summed E-state index contributed by atoms with van der Waals surface area (Å²) in [6.45, 7) is 9.83. The minimum atomic E-state index is 0.293. The second-order valence-corrected chi connectivity index (χ2v) is 20.1. The maximum absolute atomic E-state index is 9.77. The number of aromatic nitrogens is 2. The van der Waals surface area contributed by atoms with Crippen LogP contribution in [-0.4, -0.2) is 9.97 Å². The molecule has 1 heterocycles. The molecule has 0 aliphatic heterocycles. The summed E-state index contributed by atoms with van der Waals surface area (Å²) >= 11 is 0. The van der Waals surface area contributed by atoms with Crippen LogP contribution in [0.1, 0.15) is 115 Å². The molecule has 3 heteroatoms. The standard InChI is InChI=1S/C56H59N3/c1-5-39-27-41-26-38(4)31-56(32-39,34-41)48-19-14-44(15-20-48)53-28-52(43-12-10-42(11-13-43)50-23-18-46(35-57)49-8-6-7-9-51(49)50)58-54(59-53)45-16-21-47(22-17-45)55-29-36(2)24-40(33-55)25-37(3)30-55/h6-23,28,36-41H,5,24-27,29-34H2,1-4H3/t36-,37+,38-,39+,40-,41-,55?,56?/m1/s1. The molecule has 4 bridgehead atoms. The lowest BCUT2D eigenvalue weighted by atomic mass is 9.54. The molecule has 5 aromatic carbocycles. The summed E-state index contributed by atoms with van der Waals surface area (Å²) in [5.41, 5.74) is 11.8. The van der Waals surface area contributed by atoms with Crippen LogP contribution in [0.5, 0.6) is 0 Å². The van der Waals surface area contributed by atoms with Crippen molar-refractivity contribution in [3.63, 3.8) is 0 Å². The fourth-order valence-corrected chi connectivity index (χ4v) is 13.5. The Kier molecular flexibility index (Phi) is 9.82. The Morgan fingerprint density at radius 1 is 0.542 bits per heavy atom. The van der Waals surface area contributed by atoms with Gasteiger partial charge in [-0.25, -0.2) is 9.97 Å². The van der Waals surface area contributed by atoms with E-state index in [0.717, 1.165) is 91.3 Å². The predicted octanol–water partition coefficient (Wildman–Crippen LogP) is 14.8. The van der Waals surface area contributed by atoms with Crippen LogP contribution in [0.2, 0.25) is 0 Å². The van der Waals surface area contributed by atoms with Gasteiger partial charge in [-0.1, -0.05) is 137 Å². The van der Waals surface area contributed by atoms with Crippen LogP contribution in [0.25, 0.3) is 55.8 Å². The summed E-state index contributed by atoms with van der Waals surface area (Å²) in [6, 6.07) is 44.6. The van der Waals surface area contributed by atoms with Crippen molar-refractivity contribution in [2.24, 2.45) is 35.5 Å². The van der Waals surface area contributed by atoms with E-state index >= 15 is 0 Å². The van der Waals surface area contributed by atoms with E-state index in [1.165, 1.54) is 81.8 Å². The van der Waals surface area contributed by atoms with E-state index in [1.807, 2.05) is 18.2 Å². The summed E-state index contributed by atoms with van der Waals surface area (Å²) in [5.74, 6) is 5.69. The molecular formula is C56H59N3. The van der Waals surface area contributed by atoms with Gasteiger partial charge in [0.25, 0.3) is 0 Å². The number of rotatable bonds is 7. The van der Waals surface area contributed by atoms with Crippen molar-refractivity contribution < 1.29 is 0 Å². The highest BCUT2D eigenvalue weighted by atomic mass is 14.9. The van der Waals surface area contributed by atoms with E-state index in [2.05, 4.69) is 131 Å². The van der Waals surface area contributed by atoms with Crippen molar-refractivity contribution in [2.75, 3.05) is 0 Å². The molecular weight excluding hydrogens is 715 g/mol. The average Bonchev–Trinajstić information content (AvgIpc) is 3.25. The Labute approximate surface area is 352 Å². The highest BCUT2D eigenvalue weighted by molar-refractivity contribution is 5.99. The zero-order chi connectivity index (χ0) is 40.3. The Hall–Kier alpha value is -5.07. The lowest BCUT2D eigenvalue weighted by Gasteiger charge is -2.51. The smallest absolute Gasteiger partial charge is 0.160 e. The highest BCUT2D eigenvalue weighted by Crippen LogP contribution is 2.56. The Bertz CT molecular complexity index is 2500. The van der Waals surface area contributed by atoms with E-state index in [0.29, 0.717) is 16.4 Å². The fourth-order valence-electron chi connectivity index (χ4n) is 13.5. The second-order valence-electron chi connectivity index (χ2n) is 20.1. The third-order valence-electron chi connectivity index (χ3n) is 15.5. The first-order valence-electron chi connectivity index (χ1n) is 22.8. The molecule has 4 saturated carbocycles. The average molecular weight is 774 g/mol. The van der Waals surface area contributed by atoms with Crippen LogP contribution in [0.3, 0.4) is 0 Å². The quantitative estimate of drug-likeness (QED) is 0.162. The number of benzene rings is 5. The second kappa shape index (κ2) is 15.2. The van der Waals surface area contributed by atoms with Crippen LogP contribution < -0.4 is 0 Å². The molecule has 10 rings (SSSR count). The lowest BCUT2D eigenvalue weighted by Crippen LogP contribution is -2.42. The van der Waals surface area contributed by atoms with Gasteiger partial charge in [0, 0.05) is 22.1 Å². The number of hydrogen-bond acceptors (Lipinski definition) is 3. The molecule has 4 aliphatic rings. The summed E-state index contributed by atoms with van der Waals surface area (Å²) < 4.78 is 0. The van der Waals surface area contributed by atoms with Gasteiger partial charge >= 0.3 is 0 Å². The Morgan fingerprint density at radius 3 is 1.59 bits per heavy atom. The fraction of sp³-hybridized carbons (Fsp3) is 0.411. The van der Waals surface area contributed by atoms with Gasteiger partial charge in [-0.2, -0.15) is 5.26 Å². The molecule has 3 nitrogen and oxygen atoms in total. The molecule has 6 aromatic rings. The van der Waals surface area contributed by atoms with Gasteiger partial charge in [-0.05, 0) is 150 Å². The molecule has 298 valence electrons. The van der Waals surface area contributed by atoms with E-state index in [1.54, 1.807) is 0 Å². The van der Waals surface area contributed by atoms with Gasteiger partial charge in [-0.15, -0.1) is 0 Å². The van der Waals surface area contributed by atoms with Gasteiger partial charge in [0.1, 0.15) is 0 Å². The summed E-state index contributed by atoms with van der Waals surface area (Å²) in [6.07, 6.45) is 14.8. The van der Waals surface area contributed by atoms with Gasteiger partial charge in [0.15, 0.2) is 5.82 Å². The van der Waals surface area contributed by atoms with Gasteiger partial charge in [0.05, 0.1) is 23.0 Å². The van der Waals surface area contributed by atoms with Crippen molar-refractivity contribution >= 4 is 10.8 Å². The molecule has 59 heavy (non-hydrogen) atoms. The summed E-state index contributed by atoms with van der Waals surface area (Å²) in [5, 5.41) is 11.8.